The second-order valence-electron chi connectivity index (χ2n) is 6.13. The third kappa shape index (κ3) is 3.36. The van der Waals surface area contributed by atoms with E-state index in [0.717, 1.165) is 25.4 Å². The molecule has 0 N–H and O–H groups in total. The molecule has 1 amide bonds. The Bertz CT molecular complexity index is 885. The van der Waals surface area contributed by atoms with Crippen LogP contribution in [0, 0.1) is 0 Å². The Kier molecular flexibility index (Phi) is 4.73. The number of piperazine rings is 1. The maximum absolute atomic E-state index is 12.9. The van der Waals surface area contributed by atoms with Crippen molar-refractivity contribution in [1.82, 2.24) is 24.8 Å². The zero-order valence-corrected chi connectivity index (χ0v) is 14.8. The fraction of sp³-hybridized carbons (Fsp3) is 0.278. The van der Waals surface area contributed by atoms with Gasteiger partial charge in [0.2, 0.25) is 0 Å². The minimum Gasteiger partial charge on any atom is -0.468 e. The summed E-state index contributed by atoms with van der Waals surface area (Å²) in [6, 6.07) is 11.1. The number of rotatable bonds is 4. The van der Waals surface area contributed by atoms with Gasteiger partial charge in [0.05, 0.1) is 29.7 Å². The van der Waals surface area contributed by atoms with Crippen molar-refractivity contribution < 1.29 is 9.21 Å². The first-order valence-electron chi connectivity index (χ1n) is 8.42. The lowest BCUT2D eigenvalue weighted by Crippen LogP contribution is -2.48. The van der Waals surface area contributed by atoms with Crippen LogP contribution in [-0.2, 0) is 6.54 Å². The van der Waals surface area contributed by atoms with Crippen molar-refractivity contribution in [3.63, 3.8) is 0 Å². The minimum absolute atomic E-state index is 0.0902. The first-order chi connectivity index (χ1) is 12.7. The number of carbonyl (C=O) groups excluding carboxylic acids is 1. The molecule has 4 rings (SSSR count). The van der Waals surface area contributed by atoms with Crippen molar-refractivity contribution >= 4 is 17.5 Å². The Morgan fingerprint density at radius 2 is 1.92 bits per heavy atom. The molecule has 2 aromatic heterocycles. The molecule has 8 heteroatoms. The van der Waals surface area contributed by atoms with Crippen molar-refractivity contribution in [3.8, 4) is 5.69 Å². The summed E-state index contributed by atoms with van der Waals surface area (Å²) in [7, 11) is 0. The van der Waals surface area contributed by atoms with Crippen molar-refractivity contribution in [3.05, 3.63) is 65.3 Å². The summed E-state index contributed by atoms with van der Waals surface area (Å²) < 4.78 is 6.89. The number of nitrogens with zero attached hydrogens (tertiary/aromatic N) is 5. The molecule has 1 aliphatic heterocycles. The number of carbonyl (C=O) groups is 1. The van der Waals surface area contributed by atoms with Gasteiger partial charge in [0.15, 0.2) is 5.69 Å². The van der Waals surface area contributed by atoms with E-state index >= 15 is 0 Å². The van der Waals surface area contributed by atoms with E-state index in [4.69, 9.17) is 16.0 Å². The first-order valence-corrected chi connectivity index (χ1v) is 8.80. The number of halogens is 1. The summed E-state index contributed by atoms with van der Waals surface area (Å²) in [5, 5.41) is 8.47. The standard InChI is InChI=1S/C18H18ClN5O2/c19-15-5-1-2-6-16(15)24-17(12-20-21-24)18(25)23-9-7-22(8-10-23)13-14-4-3-11-26-14/h1-6,11-12H,7-10,13H2. The van der Waals surface area contributed by atoms with Gasteiger partial charge >= 0.3 is 0 Å². The van der Waals surface area contributed by atoms with Crippen LogP contribution in [0.2, 0.25) is 5.02 Å². The lowest BCUT2D eigenvalue weighted by Gasteiger charge is -2.34. The Labute approximate surface area is 155 Å². The van der Waals surface area contributed by atoms with Gasteiger partial charge in [-0.05, 0) is 24.3 Å². The van der Waals surface area contributed by atoms with Crippen LogP contribution < -0.4 is 0 Å². The highest BCUT2D eigenvalue weighted by atomic mass is 35.5. The summed E-state index contributed by atoms with van der Waals surface area (Å²) in [5.74, 6) is 0.846. The molecule has 3 aromatic rings. The molecule has 0 bridgehead atoms. The van der Waals surface area contributed by atoms with Crippen molar-refractivity contribution in [2.24, 2.45) is 0 Å². The molecule has 0 aliphatic carbocycles. The largest absolute Gasteiger partial charge is 0.468 e. The highest BCUT2D eigenvalue weighted by molar-refractivity contribution is 6.32. The Morgan fingerprint density at radius 1 is 1.12 bits per heavy atom. The molecule has 1 aliphatic rings. The van der Waals surface area contributed by atoms with Gasteiger partial charge in [0.1, 0.15) is 5.76 Å². The average molecular weight is 372 g/mol. The van der Waals surface area contributed by atoms with Gasteiger partial charge in [-0.1, -0.05) is 28.9 Å². The van der Waals surface area contributed by atoms with Gasteiger partial charge in [-0.15, -0.1) is 5.10 Å². The number of furan rings is 1. The van der Waals surface area contributed by atoms with Crippen LogP contribution in [0.3, 0.4) is 0 Å². The monoisotopic (exact) mass is 371 g/mol. The molecule has 0 saturated carbocycles. The van der Waals surface area contributed by atoms with Crippen LogP contribution in [0.15, 0.2) is 53.3 Å². The summed E-state index contributed by atoms with van der Waals surface area (Å²) in [4.78, 5) is 17.0. The van der Waals surface area contributed by atoms with Crippen LogP contribution in [0.1, 0.15) is 16.2 Å². The van der Waals surface area contributed by atoms with E-state index in [1.165, 1.54) is 10.9 Å². The Balaban J connectivity index is 1.45. The predicted molar refractivity (Wildman–Crippen MR) is 96.3 cm³/mol. The lowest BCUT2D eigenvalue weighted by atomic mass is 10.2. The molecule has 1 aromatic carbocycles. The van der Waals surface area contributed by atoms with Crippen molar-refractivity contribution in [1.29, 1.82) is 0 Å². The smallest absolute Gasteiger partial charge is 0.274 e. The normalized spacial score (nSPS) is 15.3. The number of amides is 1. The maximum Gasteiger partial charge on any atom is 0.274 e. The van der Waals surface area contributed by atoms with Crippen LogP contribution in [-0.4, -0.2) is 56.9 Å². The van der Waals surface area contributed by atoms with E-state index in [2.05, 4.69) is 15.2 Å². The SMILES string of the molecule is O=C(c1cnnn1-c1ccccc1Cl)N1CCN(Cc2ccco2)CC1. The van der Waals surface area contributed by atoms with E-state index in [-0.39, 0.29) is 5.91 Å². The number of hydrogen-bond donors (Lipinski definition) is 0. The summed E-state index contributed by atoms with van der Waals surface area (Å²) in [6.45, 7) is 3.63. The number of aromatic nitrogens is 3. The van der Waals surface area contributed by atoms with E-state index in [1.54, 1.807) is 12.3 Å². The molecule has 26 heavy (non-hydrogen) atoms. The molecular weight excluding hydrogens is 354 g/mol. The maximum atomic E-state index is 12.9. The molecule has 3 heterocycles. The summed E-state index contributed by atoms with van der Waals surface area (Å²) >= 11 is 6.24. The molecule has 7 nitrogen and oxygen atoms in total. The van der Waals surface area contributed by atoms with Gasteiger partial charge in [0.25, 0.3) is 5.91 Å². The first kappa shape index (κ1) is 16.8. The Morgan fingerprint density at radius 3 is 2.65 bits per heavy atom. The molecule has 1 saturated heterocycles. The van der Waals surface area contributed by atoms with E-state index in [9.17, 15) is 4.79 Å². The zero-order chi connectivity index (χ0) is 17.9. The van der Waals surface area contributed by atoms with E-state index < -0.39 is 0 Å². The van der Waals surface area contributed by atoms with E-state index in [0.29, 0.717) is 29.5 Å². The van der Waals surface area contributed by atoms with Gasteiger partial charge in [-0.3, -0.25) is 9.69 Å². The van der Waals surface area contributed by atoms with Gasteiger partial charge in [-0.25, -0.2) is 4.68 Å². The van der Waals surface area contributed by atoms with Gasteiger partial charge in [0, 0.05) is 26.2 Å². The summed E-state index contributed by atoms with van der Waals surface area (Å²) in [6.07, 6.45) is 3.17. The number of benzene rings is 1. The third-order valence-corrected chi connectivity index (χ3v) is 4.79. The van der Waals surface area contributed by atoms with Crippen molar-refractivity contribution in [2.75, 3.05) is 26.2 Å². The van der Waals surface area contributed by atoms with Gasteiger partial charge < -0.3 is 9.32 Å². The molecule has 0 radical (unpaired) electrons. The molecule has 134 valence electrons. The Hall–Kier alpha value is -2.64. The molecule has 0 spiro atoms. The highest BCUT2D eigenvalue weighted by Crippen LogP contribution is 2.21. The second kappa shape index (κ2) is 7.31. The minimum atomic E-state index is -0.0902. The molecule has 1 fully saturated rings. The fourth-order valence-electron chi connectivity index (χ4n) is 3.08. The van der Waals surface area contributed by atoms with Crippen LogP contribution >= 0.6 is 11.6 Å². The van der Waals surface area contributed by atoms with E-state index in [1.807, 2.05) is 35.2 Å². The average Bonchev–Trinajstić information content (AvgIpc) is 3.34. The highest BCUT2D eigenvalue weighted by Gasteiger charge is 2.26. The van der Waals surface area contributed by atoms with Crippen LogP contribution in [0.5, 0.6) is 0 Å². The fourth-order valence-corrected chi connectivity index (χ4v) is 3.29. The van der Waals surface area contributed by atoms with Crippen molar-refractivity contribution in [2.45, 2.75) is 6.54 Å². The predicted octanol–water partition coefficient (Wildman–Crippen LogP) is 2.47. The van der Waals surface area contributed by atoms with Gasteiger partial charge in [-0.2, -0.15) is 0 Å². The molecular formula is C18H18ClN5O2. The molecule has 0 unspecified atom stereocenters. The zero-order valence-electron chi connectivity index (χ0n) is 14.1. The number of hydrogen-bond acceptors (Lipinski definition) is 5. The van der Waals surface area contributed by atoms with Crippen LogP contribution in [0.25, 0.3) is 5.69 Å². The summed E-state index contributed by atoms with van der Waals surface area (Å²) in [5.41, 5.74) is 1.06. The molecule has 0 atom stereocenters. The number of para-hydroxylation sites is 1. The third-order valence-electron chi connectivity index (χ3n) is 4.47. The quantitative estimate of drug-likeness (QED) is 0.704. The topological polar surface area (TPSA) is 67.4 Å². The second-order valence-corrected chi connectivity index (χ2v) is 6.54. The van der Waals surface area contributed by atoms with Crippen LogP contribution in [0.4, 0.5) is 0 Å². The lowest BCUT2D eigenvalue weighted by molar-refractivity contribution is 0.0611.